The molecule has 102 valence electrons. The number of primary amides is 1. The standard InChI is InChI=1S/C12H13F2N3OS/c13-8-3-7(12(16)19)4-9(14)10(8)17-2-1-6(5-17)11(15)18/h3-4,6H,1-2,5H2,(H2,15,18)(H2,16,19). The van der Waals surface area contributed by atoms with Gasteiger partial charge in [-0.25, -0.2) is 8.78 Å². The quantitative estimate of drug-likeness (QED) is 0.810. The highest BCUT2D eigenvalue weighted by molar-refractivity contribution is 7.80. The van der Waals surface area contributed by atoms with Crippen LogP contribution >= 0.6 is 12.2 Å². The molecule has 1 aromatic rings. The van der Waals surface area contributed by atoms with Crippen LogP contribution in [-0.2, 0) is 4.79 Å². The lowest BCUT2D eigenvalue weighted by Crippen LogP contribution is -2.28. The number of anilines is 1. The van der Waals surface area contributed by atoms with Crippen LogP contribution in [0.25, 0.3) is 0 Å². The molecule has 0 saturated carbocycles. The third-order valence-corrected chi connectivity index (χ3v) is 3.44. The molecular weight excluding hydrogens is 272 g/mol. The highest BCUT2D eigenvalue weighted by Gasteiger charge is 2.30. The Morgan fingerprint density at radius 1 is 1.32 bits per heavy atom. The summed E-state index contributed by atoms with van der Waals surface area (Å²) < 4.78 is 27.9. The molecule has 1 aliphatic rings. The van der Waals surface area contributed by atoms with E-state index in [2.05, 4.69) is 12.2 Å². The summed E-state index contributed by atoms with van der Waals surface area (Å²) >= 11 is 4.68. The van der Waals surface area contributed by atoms with E-state index < -0.39 is 17.5 Å². The van der Waals surface area contributed by atoms with Gasteiger partial charge in [0.1, 0.15) is 22.3 Å². The average molecular weight is 285 g/mol. The minimum atomic E-state index is -0.743. The lowest BCUT2D eigenvalue weighted by Gasteiger charge is -2.20. The van der Waals surface area contributed by atoms with Gasteiger partial charge in [0.15, 0.2) is 0 Å². The van der Waals surface area contributed by atoms with E-state index in [1.54, 1.807) is 0 Å². The molecule has 7 heteroatoms. The maximum absolute atomic E-state index is 13.9. The van der Waals surface area contributed by atoms with Crippen LogP contribution in [0.5, 0.6) is 0 Å². The van der Waals surface area contributed by atoms with Gasteiger partial charge >= 0.3 is 0 Å². The second kappa shape index (κ2) is 5.08. The number of hydrogen-bond donors (Lipinski definition) is 2. The molecule has 0 spiro atoms. The Morgan fingerprint density at radius 3 is 2.32 bits per heavy atom. The lowest BCUT2D eigenvalue weighted by molar-refractivity contribution is -0.121. The van der Waals surface area contributed by atoms with Crippen LogP contribution in [0, 0.1) is 17.6 Å². The lowest BCUT2D eigenvalue weighted by atomic mass is 10.1. The Bertz CT molecular complexity index is 527. The molecule has 1 amide bonds. The van der Waals surface area contributed by atoms with Gasteiger partial charge in [-0.1, -0.05) is 12.2 Å². The Hall–Kier alpha value is -1.76. The zero-order valence-corrected chi connectivity index (χ0v) is 10.8. The summed E-state index contributed by atoms with van der Waals surface area (Å²) in [5.74, 6) is -2.32. The molecule has 1 aromatic carbocycles. The number of halogens is 2. The molecule has 1 fully saturated rings. The average Bonchev–Trinajstić information content (AvgIpc) is 2.77. The Labute approximate surface area is 114 Å². The van der Waals surface area contributed by atoms with Crippen LogP contribution in [0.4, 0.5) is 14.5 Å². The third-order valence-electron chi connectivity index (χ3n) is 3.21. The maximum atomic E-state index is 13.9. The molecule has 1 aliphatic heterocycles. The predicted octanol–water partition coefficient (Wildman–Crippen LogP) is 0.911. The molecule has 2 rings (SSSR count). The number of carbonyl (C=O) groups excluding carboxylic acids is 1. The SMILES string of the molecule is NC(=O)C1CCN(c2c(F)cc(C(N)=S)cc2F)C1. The summed E-state index contributed by atoms with van der Waals surface area (Å²) in [5, 5.41) is 0. The van der Waals surface area contributed by atoms with Gasteiger partial charge in [-0.15, -0.1) is 0 Å². The van der Waals surface area contributed by atoms with Gasteiger partial charge in [0.25, 0.3) is 0 Å². The van der Waals surface area contributed by atoms with E-state index in [1.165, 1.54) is 4.90 Å². The molecule has 1 heterocycles. The zero-order chi connectivity index (χ0) is 14.2. The molecule has 0 radical (unpaired) electrons. The van der Waals surface area contributed by atoms with Gasteiger partial charge in [-0.05, 0) is 18.6 Å². The first-order valence-electron chi connectivity index (χ1n) is 5.73. The number of carbonyl (C=O) groups is 1. The van der Waals surface area contributed by atoms with Crippen molar-refractivity contribution in [1.29, 1.82) is 0 Å². The van der Waals surface area contributed by atoms with Crippen molar-refractivity contribution in [2.75, 3.05) is 18.0 Å². The normalized spacial score (nSPS) is 18.6. The van der Waals surface area contributed by atoms with Crippen LogP contribution in [0.3, 0.4) is 0 Å². The molecule has 1 unspecified atom stereocenters. The fraction of sp³-hybridized carbons (Fsp3) is 0.333. The monoisotopic (exact) mass is 285 g/mol. The number of rotatable bonds is 3. The van der Waals surface area contributed by atoms with E-state index in [0.29, 0.717) is 13.0 Å². The largest absolute Gasteiger partial charge is 0.389 e. The van der Waals surface area contributed by atoms with Crippen molar-refractivity contribution in [3.63, 3.8) is 0 Å². The first-order chi connectivity index (χ1) is 8.90. The van der Waals surface area contributed by atoms with Gasteiger partial charge in [0.2, 0.25) is 5.91 Å². The summed E-state index contributed by atoms with van der Waals surface area (Å²) in [5.41, 5.74) is 10.5. The first kappa shape index (κ1) is 13.7. The molecule has 0 aromatic heterocycles. The molecular formula is C12H13F2N3OS. The van der Waals surface area contributed by atoms with Gasteiger partial charge in [-0.2, -0.15) is 0 Å². The summed E-state index contributed by atoms with van der Waals surface area (Å²) in [6, 6.07) is 2.19. The predicted molar refractivity (Wildman–Crippen MR) is 71.8 cm³/mol. The smallest absolute Gasteiger partial charge is 0.222 e. The fourth-order valence-corrected chi connectivity index (χ4v) is 2.32. The van der Waals surface area contributed by atoms with Crippen LogP contribution in [0.2, 0.25) is 0 Å². The highest BCUT2D eigenvalue weighted by atomic mass is 32.1. The Morgan fingerprint density at radius 2 is 1.89 bits per heavy atom. The van der Waals surface area contributed by atoms with Crippen molar-refractivity contribution in [2.24, 2.45) is 17.4 Å². The number of hydrogen-bond acceptors (Lipinski definition) is 3. The van der Waals surface area contributed by atoms with Crippen molar-refractivity contribution in [3.8, 4) is 0 Å². The summed E-state index contributed by atoms with van der Waals surface area (Å²) in [6.45, 7) is 0.601. The molecule has 19 heavy (non-hydrogen) atoms. The van der Waals surface area contributed by atoms with E-state index in [4.69, 9.17) is 11.5 Å². The fourth-order valence-electron chi connectivity index (χ4n) is 2.21. The number of nitrogens with zero attached hydrogens (tertiary/aromatic N) is 1. The minimum absolute atomic E-state index is 0.0687. The van der Waals surface area contributed by atoms with Crippen LogP contribution in [0.1, 0.15) is 12.0 Å². The number of thiocarbonyl (C=S) groups is 1. The van der Waals surface area contributed by atoms with Gasteiger partial charge in [-0.3, -0.25) is 4.79 Å². The Kier molecular flexibility index (Phi) is 3.66. The van der Waals surface area contributed by atoms with Crippen LogP contribution in [-0.4, -0.2) is 24.0 Å². The molecule has 4 nitrogen and oxygen atoms in total. The van der Waals surface area contributed by atoms with E-state index in [9.17, 15) is 13.6 Å². The van der Waals surface area contributed by atoms with Crippen molar-refractivity contribution < 1.29 is 13.6 Å². The van der Waals surface area contributed by atoms with Crippen molar-refractivity contribution in [1.82, 2.24) is 0 Å². The molecule has 4 N–H and O–H groups in total. The minimum Gasteiger partial charge on any atom is -0.389 e. The van der Waals surface area contributed by atoms with Crippen LogP contribution in [0.15, 0.2) is 12.1 Å². The van der Waals surface area contributed by atoms with Gasteiger partial charge < -0.3 is 16.4 Å². The van der Waals surface area contributed by atoms with E-state index in [-0.39, 0.29) is 28.7 Å². The number of nitrogens with two attached hydrogens (primary N) is 2. The van der Waals surface area contributed by atoms with E-state index in [1.807, 2.05) is 0 Å². The number of benzene rings is 1. The second-order valence-electron chi connectivity index (χ2n) is 4.49. The Balaban J connectivity index is 2.31. The summed E-state index contributed by atoms with van der Waals surface area (Å²) in [4.78, 5) is 12.5. The molecule has 0 aliphatic carbocycles. The molecule has 0 bridgehead atoms. The van der Waals surface area contributed by atoms with Gasteiger partial charge in [0, 0.05) is 18.7 Å². The topological polar surface area (TPSA) is 72.4 Å². The van der Waals surface area contributed by atoms with Crippen molar-refractivity contribution in [2.45, 2.75) is 6.42 Å². The third kappa shape index (κ3) is 2.65. The van der Waals surface area contributed by atoms with Crippen molar-refractivity contribution in [3.05, 3.63) is 29.3 Å². The first-order valence-corrected chi connectivity index (χ1v) is 6.14. The van der Waals surface area contributed by atoms with E-state index >= 15 is 0 Å². The molecule has 1 saturated heterocycles. The van der Waals surface area contributed by atoms with Crippen molar-refractivity contribution >= 4 is 28.8 Å². The zero-order valence-electron chi connectivity index (χ0n) is 10.0. The van der Waals surface area contributed by atoms with Crippen LogP contribution < -0.4 is 16.4 Å². The molecule has 1 atom stereocenters. The van der Waals surface area contributed by atoms with E-state index in [0.717, 1.165) is 12.1 Å². The maximum Gasteiger partial charge on any atom is 0.222 e. The number of amides is 1. The highest BCUT2D eigenvalue weighted by Crippen LogP contribution is 2.29. The van der Waals surface area contributed by atoms with Gasteiger partial charge in [0.05, 0.1) is 5.92 Å². The second-order valence-corrected chi connectivity index (χ2v) is 4.93. The summed E-state index contributed by atoms with van der Waals surface area (Å²) in [6.07, 6.45) is 0.491. The summed E-state index contributed by atoms with van der Waals surface area (Å²) in [7, 11) is 0.